The van der Waals surface area contributed by atoms with Crippen LogP contribution in [0.4, 0.5) is 0 Å². The minimum atomic E-state index is 0.0848. The van der Waals surface area contributed by atoms with Crippen LogP contribution in [0.1, 0.15) is 32.3 Å². The van der Waals surface area contributed by atoms with Gasteiger partial charge in [0.2, 0.25) is 0 Å². The summed E-state index contributed by atoms with van der Waals surface area (Å²) >= 11 is 6.00. The van der Waals surface area contributed by atoms with E-state index in [0.717, 1.165) is 37.2 Å². The van der Waals surface area contributed by atoms with Gasteiger partial charge in [-0.15, -0.1) is 0 Å². The molecule has 19 heavy (non-hydrogen) atoms. The standard InChI is InChI=1S/C15H24ClNO2/c1-3-4-7-18-8-9-19-15-6-5-14(16)11-13(15)10-12(2)17/h5-6,11-12H,3-4,7-10,17H2,1-2H3. The van der Waals surface area contributed by atoms with E-state index in [1.807, 2.05) is 25.1 Å². The van der Waals surface area contributed by atoms with E-state index in [9.17, 15) is 0 Å². The molecule has 108 valence electrons. The molecular weight excluding hydrogens is 262 g/mol. The van der Waals surface area contributed by atoms with Crippen LogP contribution in [0.25, 0.3) is 0 Å². The Kier molecular flexibility index (Phi) is 7.87. The van der Waals surface area contributed by atoms with E-state index in [0.29, 0.717) is 18.2 Å². The maximum Gasteiger partial charge on any atom is 0.122 e. The molecule has 0 saturated heterocycles. The highest BCUT2D eigenvalue weighted by atomic mass is 35.5. The first-order valence-electron chi connectivity index (χ1n) is 6.88. The fourth-order valence-corrected chi connectivity index (χ4v) is 1.95. The van der Waals surface area contributed by atoms with Crippen molar-refractivity contribution in [3.63, 3.8) is 0 Å². The molecule has 0 fully saturated rings. The average molecular weight is 286 g/mol. The number of halogens is 1. The predicted molar refractivity (Wildman–Crippen MR) is 80.0 cm³/mol. The van der Waals surface area contributed by atoms with Crippen molar-refractivity contribution in [2.75, 3.05) is 19.8 Å². The molecule has 1 unspecified atom stereocenters. The number of benzene rings is 1. The van der Waals surface area contributed by atoms with Gasteiger partial charge in [0.1, 0.15) is 12.4 Å². The third-order valence-corrected chi connectivity index (χ3v) is 2.93. The van der Waals surface area contributed by atoms with Gasteiger partial charge < -0.3 is 15.2 Å². The highest BCUT2D eigenvalue weighted by Crippen LogP contribution is 2.24. The second-order valence-corrected chi connectivity index (χ2v) is 5.18. The maximum absolute atomic E-state index is 6.00. The average Bonchev–Trinajstić information content (AvgIpc) is 2.35. The zero-order chi connectivity index (χ0) is 14.1. The Morgan fingerprint density at radius 3 is 2.74 bits per heavy atom. The molecule has 0 bridgehead atoms. The molecule has 0 aliphatic heterocycles. The van der Waals surface area contributed by atoms with Crippen LogP contribution in [0, 0.1) is 0 Å². The van der Waals surface area contributed by atoms with E-state index in [4.69, 9.17) is 26.8 Å². The fourth-order valence-electron chi connectivity index (χ4n) is 1.75. The van der Waals surface area contributed by atoms with Crippen molar-refractivity contribution in [2.24, 2.45) is 5.73 Å². The molecule has 0 spiro atoms. The van der Waals surface area contributed by atoms with E-state index in [-0.39, 0.29) is 6.04 Å². The SMILES string of the molecule is CCCCOCCOc1ccc(Cl)cc1CC(C)N. The molecule has 0 aromatic heterocycles. The van der Waals surface area contributed by atoms with Crippen molar-refractivity contribution in [1.82, 2.24) is 0 Å². The van der Waals surface area contributed by atoms with Gasteiger partial charge in [0.15, 0.2) is 0 Å². The lowest BCUT2D eigenvalue weighted by molar-refractivity contribution is 0.0977. The van der Waals surface area contributed by atoms with Crippen LogP contribution in [0.15, 0.2) is 18.2 Å². The van der Waals surface area contributed by atoms with E-state index in [2.05, 4.69) is 6.92 Å². The van der Waals surface area contributed by atoms with Crippen molar-refractivity contribution >= 4 is 11.6 Å². The Morgan fingerprint density at radius 2 is 2.05 bits per heavy atom. The van der Waals surface area contributed by atoms with E-state index >= 15 is 0 Å². The van der Waals surface area contributed by atoms with Gasteiger partial charge >= 0.3 is 0 Å². The van der Waals surface area contributed by atoms with Crippen LogP contribution in [-0.2, 0) is 11.2 Å². The first-order chi connectivity index (χ1) is 9.13. The molecule has 2 N–H and O–H groups in total. The largest absolute Gasteiger partial charge is 0.491 e. The molecule has 0 aliphatic carbocycles. The van der Waals surface area contributed by atoms with Crippen LogP contribution in [-0.4, -0.2) is 25.9 Å². The molecular formula is C15H24ClNO2. The van der Waals surface area contributed by atoms with E-state index in [1.165, 1.54) is 0 Å². The Morgan fingerprint density at radius 1 is 1.26 bits per heavy atom. The summed E-state index contributed by atoms with van der Waals surface area (Å²) in [4.78, 5) is 0. The molecule has 1 atom stereocenters. The molecule has 0 aliphatic rings. The van der Waals surface area contributed by atoms with Gasteiger partial charge in [-0.2, -0.15) is 0 Å². The van der Waals surface area contributed by atoms with Gasteiger partial charge in [-0.1, -0.05) is 24.9 Å². The van der Waals surface area contributed by atoms with Gasteiger partial charge in [-0.3, -0.25) is 0 Å². The molecule has 1 rings (SSSR count). The van der Waals surface area contributed by atoms with Gasteiger partial charge in [0, 0.05) is 17.7 Å². The van der Waals surface area contributed by atoms with Crippen molar-refractivity contribution in [3.8, 4) is 5.75 Å². The maximum atomic E-state index is 6.00. The summed E-state index contributed by atoms with van der Waals surface area (Å²) < 4.78 is 11.2. The summed E-state index contributed by atoms with van der Waals surface area (Å²) in [6, 6.07) is 5.73. The monoisotopic (exact) mass is 285 g/mol. The summed E-state index contributed by atoms with van der Waals surface area (Å²) in [5, 5.41) is 0.710. The minimum absolute atomic E-state index is 0.0848. The first kappa shape index (κ1) is 16.3. The van der Waals surface area contributed by atoms with Crippen molar-refractivity contribution < 1.29 is 9.47 Å². The van der Waals surface area contributed by atoms with Crippen LogP contribution >= 0.6 is 11.6 Å². The van der Waals surface area contributed by atoms with Gasteiger partial charge in [0.25, 0.3) is 0 Å². The minimum Gasteiger partial charge on any atom is -0.491 e. The molecule has 4 heteroatoms. The molecule has 0 amide bonds. The second-order valence-electron chi connectivity index (χ2n) is 4.75. The third-order valence-electron chi connectivity index (χ3n) is 2.69. The summed E-state index contributed by atoms with van der Waals surface area (Å²) in [6.07, 6.45) is 3.00. The molecule has 3 nitrogen and oxygen atoms in total. The molecule has 0 saturated carbocycles. The highest BCUT2D eigenvalue weighted by Gasteiger charge is 2.07. The lowest BCUT2D eigenvalue weighted by atomic mass is 10.1. The van der Waals surface area contributed by atoms with Crippen LogP contribution in [0.3, 0.4) is 0 Å². The summed E-state index contributed by atoms with van der Waals surface area (Å²) in [6.45, 7) is 6.08. The number of hydrogen-bond acceptors (Lipinski definition) is 3. The Hall–Kier alpha value is -0.770. The first-order valence-corrected chi connectivity index (χ1v) is 7.25. The highest BCUT2D eigenvalue weighted by molar-refractivity contribution is 6.30. The number of ether oxygens (including phenoxy) is 2. The third kappa shape index (κ3) is 6.81. The normalized spacial score (nSPS) is 12.4. The van der Waals surface area contributed by atoms with Gasteiger partial charge in [-0.05, 0) is 43.5 Å². The van der Waals surface area contributed by atoms with Crippen molar-refractivity contribution in [3.05, 3.63) is 28.8 Å². The predicted octanol–water partition coefficient (Wildman–Crippen LogP) is 3.43. The molecule has 0 radical (unpaired) electrons. The quantitative estimate of drug-likeness (QED) is 0.707. The van der Waals surface area contributed by atoms with Gasteiger partial charge in [-0.25, -0.2) is 0 Å². The fraction of sp³-hybridized carbons (Fsp3) is 0.600. The van der Waals surface area contributed by atoms with Crippen molar-refractivity contribution in [2.45, 2.75) is 39.2 Å². The Balaban J connectivity index is 2.43. The van der Waals surface area contributed by atoms with E-state index < -0.39 is 0 Å². The lowest BCUT2D eigenvalue weighted by Crippen LogP contribution is -2.18. The number of unbranched alkanes of at least 4 members (excludes halogenated alkanes) is 1. The lowest BCUT2D eigenvalue weighted by Gasteiger charge is -2.13. The summed E-state index contributed by atoms with van der Waals surface area (Å²) in [5.74, 6) is 0.848. The topological polar surface area (TPSA) is 44.5 Å². The number of rotatable bonds is 9. The molecule has 0 heterocycles. The van der Waals surface area contributed by atoms with Gasteiger partial charge in [0.05, 0.1) is 6.61 Å². The second kappa shape index (κ2) is 9.18. The summed E-state index contributed by atoms with van der Waals surface area (Å²) in [5.41, 5.74) is 6.88. The van der Waals surface area contributed by atoms with E-state index in [1.54, 1.807) is 0 Å². The zero-order valence-corrected chi connectivity index (χ0v) is 12.6. The van der Waals surface area contributed by atoms with Crippen LogP contribution < -0.4 is 10.5 Å². The smallest absolute Gasteiger partial charge is 0.122 e. The number of nitrogens with two attached hydrogens (primary N) is 1. The molecule has 1 aromatic carbocycles. The Bertz CT molecular complexity index is 369. The van der Waals surface area contributed by atoms with Crippen molar-refractivity contribution in [1.29, 1.82) is 0 Å². The summed E-state index contributed by atoms with van der Waals surface area (Å²) in [7, 11) is 0. The number of hydrogen-bond donors (Lipinski definition) is 1. The molecule has 1 aromatic rings. The Labute approximate surface area is 121 Å². The zero-order valence-electron chi connectivity index (χ0n) is 11.8. The van der Waals surface area contributed by atoms with Crippen LogP contribution in [0.2, 0.25) is 5.02 Å². The van der Waals surface area contributed by atoms with Crippen LogP contribution in [0.5, 0.6) is 5.75 Å².